The smallest absolute Gasteiger partial charge is 0.101 e. The second-order valence-corrected chi connectivity index (χ2v) is 4.91. The monoisotopic (exact) mass is 266 g/mol. The molecule has 0 spiro atoms. The molecule has 0 unspecified atom stereocenters. The molecule has 0 saturated heterocycles. The van der Waals surface area contributed by atoms with Crippen LogP contribution >= 0.6 is 0 Å². The summed E-state index contributed by atoms with van der Waals surface area (Å²) < 4.78 is 0. The minimum absolute atomic E-state index is 0.620. The summed E-state index contributed by atoms with van der Waals surface area (Å²) in [7, 11) is 1.95. The second kappa shape index (κ2) is 5.62. The lowest BCUT2D eigenvalue weighted by molar-refractivity contribution is 0.871. The van der Waals surface area contributed by atoms with Gasteiger partial charge in [-0.15, -0.1) is 0 Å². The molecule has 102 valence electrons. The molecule has 20 heavy (non-hydrogen) atoms. The maximum atomic E-state index is 9.16. The molecule has 0 amide bonds. The van der Waals surface area contributed by atoms with Crippen molar-refractivity contribution in [2.24, 2.45) is 0 Å². The van der Waals surface area contributed by atoms with Crippen molar-refractivity contribution in [1.82, 2.24) is 4.98 Å². The first-order valence-electron chi connectivity index (χ1n) is 6.45. The highest BCUT2D eigenvalue weighted by atomic mass is 15.1. The SMILES string of the molecule is Cc1cnc(CN(C)c2ccccc2C#N)c(C)c1N. The normalized spacial score (nSPS) is 10.1. The summed E-state index contributed by atoms with van der Waals surface area (Å²) in [6, 6.07) is 9.75. The van der Waals surface area contributed by atoms with Crippen molar-refractivity contribution in [1.29, 1.82) is 5.26 Å². The van der Waals surface area contributed by atoms with Gasteiger partial charge in [0.25, 0.3) is 0 Å². The number of aromatic nitrogens is 1. The number of nitrogen functional groups attached to an aromatic ring is 1. The van der Waals surface area contributed by atoms with Crippen LogP contribution in [0.4, 0.5) is 11.4 Å². The standard InChI is InChI=1S/C16H18N4/c1-11-9-19-14(12(2)16(11)18)10-20(3)15-7-5-4-6-13(15)8-17/h4-7,9H,10H2,1-3H3,(H2,18,19). The van der Waals surface area contributed by atoms with E-state index in [0.29, 0.717) is 12.1 Å². The number of hydrogen-bond donors (Lipinski definition) is 1. The predicted molar refractivity (Wildman–Crippen MR) is 81.4 cm³/mol. The Morgan fingerprint density at radius 2 is 2.00 bits per heavy atom. The van der Waals surface area contributed by atoms with Gasteiger partial charge in [-0.2, -0.15) is 5.26 Å². The Bertz CT molecular complexity index is 671. The van der Waals surface area contributed by atoms with E-state index in [1.807, 2.05) is 50.1 Å². The fraction of sp³-hybridized carbons (Fsp3) is 0.250. The molecule has 4 nitrogen and oxygen atoms in total. The lowest BCUT2D eigenvalue weighted by Crippen LogP contribution is -2.19. The van der Waals surface area contributed by atoms with Gasteiger partial charge in [-0.25, -0.2) is 0 Å². The zero-order chi connectivity index (χ0) is 14.7. The molecule has 1 aromatic heterocycles. The molecule has 0 bridgehead atoms. The minimum Gasteiger partial charge on any atom is -0.398 e. The number of nitrogens with zero attached hydrogens (tertiary/aromatic N) is 3. The van der Waals surface area contributed by atoms with Crippen LogP contribution in [0.5, 0.6) is 0 Å². The Kier molecular flexibility index (Phi) is 3.90. The summed E-state index contributed by atoms with van der Waals surface area (Å²) in [5.41, 5.74) is 11.3. The van der Waals surface area contributed by atoms with Crippen LogP contribution in [0.1, 0.15) is 22.4 Å². The van der Waals surface area contributed by atoms with Crippen LogP contribution in [-0.2, 0) is 6.54 Å². The van der Waals surface area contributed by atoms with Crippen LogP contribution < -0.4 is 10.6 Å². The summed E-state index contributed by atoms with van der Waals surface area (Å²) in [6.45, 7) is 4.55. The van der Waals surface area contributed by atoms with Gasteiger partial charge >= 0.3 is 0 Å². The van der Waals surface area contributed by atoms with Crippen molar-refractivity contribution in [2.75, 3.05) is 17.7 Å². The predicted octanol–water partition coefficient (Wildman–Crippen LogP) is 2.79. The van der Waals surface area contributed by atoms with E-state index in [2.05, 4.69) is 11.1 Å². The molecule has 1 heterocycles. The zero-order valence-electron chi connectivity index (χ0n) is 12.0. The first-order chi connectivity index (χ1) is 9.54. The topological polar surface area (TPSA) is 65.9 Å². The lowest BCUT2D eigenvalue weighted by Gasteiger charge is -2.21. The van der Waals surface area contributed by atoms with Gasteiger partial charge < -0.3 is 10.6 Å². The third-order valence-corrected chi connectivity index (χ3v) is 3.50. The number of nitriles is 1. The lowest BCUT2D eigenvalue weighted by atomic mass is 10.1. The van der Waals surface area contributed by atoms with E-state index in [0.717, 1.165) is 28.2 Å². The Labute approximate surface area is 119 Å². The second-order valence-electron chi connectivity index (χ2n) is 4.91. The Balaban J connectivity index is 2.31. The van der Waals surface area contributed by atoms with Gasteiger partial charge in [-0.1, -0.05) is 12.1 Å². The molecule has 0 aliphatic heterocycles. The summed E-state index contributed by atoms with van der Waals surface area (Å²) in [5, 5.41) is 9.16. The number of pyridine rings is 1. The average Bonchev–Trinajstić information content (AvgIpc) is 2.47. The number of benzene rings is 1. The molecule has 1 aromatic carbocycles. The fourth-order valence-electron chi connectivity index (χ4n) is 2.16. The highest BCUT2D eigenvalue weighted by Gasteiger charge is 2.11. The number of rotatable bonds is 3. The maximum Gasteiger partial charge on any atom is 0.101 e. The van der Waals surface area contributed by atoms with E-state index >= 15 is 0 Å². The average molecular weight is 266 g/mol. The summed E-state index contributed by atoms with van der Waals surface area (Å²) in [6.07, 6.45) is 1.79. The van der Waals surface area contributed by atoms with Gasteiger partial charge in [0.2, 0.25) is 0 Å². The van der Waals surface area contributed by atoms with E-state index in [1.165, 1.54) is 0 Å². The van der Waals surface area contributed by atoms with E-state index in [4.69, 9.17) is 11.0 Å². The van der Waals surface area contributed by atoms with Gasteiger partial charge in [0.1, 0.15) is 6.07 Å². The van der Waals surface area contributed by atoms with Gasteiger partial charge in [0.05, 0.1) is 23.5 Å². The number of anilines is 2. The van der Waals surface area contributed by atoms with Gasteiger partial charge in [-0.3, -0.25) is 4.98 Å². The van der Waals surface area contributed by atoms with Crippen LogP contribution in [-0.4, -0.2) is 12.0 Å². The Morgan fingerprint density at radius 3 is 2.70 bits per heavy atom. The highest BCUT2D eigenvalue weighted by molar-refractivity contribution is 5.60. The molecule has 0 aliphatic carbocycles. The molecule has 2 aromatic rings. The molecule has 0 radical (unpaired) electrons. The van der Waals surface area contributed by atoms with Crippen LogP contribution in [0.3, 0.4) is 0 Å². The van der Waals surface area contributed by atoms with Crippen molar-refractivity contribution in [3.63, 3.8) is 0 Å². The first kappa shape index (κ1) is 13.9. The maximum absolute atomic E-state index is 9.16. The highest BCUT2D eigenvalue weighted by Crippen LogP contribution is 2.23. The van der Waals surface area contributed by atoms with Crippen molar-refractivity contribution >= 4 is 11.4 Å². The van der Waals surface area contributed by atoms with Crippen molar-refractivity contribution in [3.05, 3.63) is 52.8 Å². The molecular weight excluding hydrogens is 248 g/mol. The molecule has 0 saturated carbocycles. The first-order valence-corrected chi connectivity index (χ1v) is 6.45. The van der Waals surface area contributed by atoms with Crippen LogP contribution in [0.15, 0.2) is 30.5 Å². The fourth-order valence-corrected chi connectivity index (χ4v) is 2.16. The summed E-state index contributed by atoms with van der Waals surface area (Å²) in [5.74, 6) is 0. The molecule has 4 heteroatoms. The van der Waals surface area contributed by atoms with E-state index in [-0.39, 0.29) is 0 Å². The molecule has 2 N–H and O–H groups in total. The summed E-state index contributed by atoms with van der Waals surface area (Å²) >= 11 is 0. The number of nitrogens with two attached hydrogens (primary N) is 1. The van der Waals surface area contributed by atoms with Gasteiger partial charge in [0.15, 0.2) is 0 Å². The minimum atomic E-state index is 0.620. The van der Waals surface area contributed by atoms with Gasteiger partial charge in [0, 0.05) is 18.9 Å². The van der Waals surface area contributed by atoms with Crippen LogP contribution in [0.25, 0.3) is 0 Å². The van der Waals surface area contributed by atoms with E-state index in [9.17, 15) is 0 Å². The third-order valence-electron chi connectivity index (χ3n) is 3.50. The van der Waals surface area contributed by atoms with Crippen molar-refractivity contribution in [3.8, 4) is 6.07 Å². The molecule has 2 rings (SSSR count). The largest absolute Gasteiger partial charge is 0.398 e. The Morgan fingerprint density at radius 1 is 1.30 bits per heavy atom. The number of para-hydroxylation sites is 1. The molecular formula is C16H18N4. The van der Waals surface area contributed by atoms with Crippen LogP contribution in [0, 0.1) is 25.2 Å². The van der Waals surface area contributed by atoms with Crippen molar-refractivity contribution < 1.29 is 0 Å². The van der Waals surface area contributed by atoms with Crippen LogP contribution in [0.2, 0.25) is 0 Å². The number of aryl methyl sites for hydroxylation is 1. The third kappa shape index (κ3) is 2.57. The van der Waals surface area contributed by atoms with Crippen molar-refractivity contribution in [2.45, 2.75) is 20.4 Å². The van der Waals surface area contributed by atoms with E-state index < -0.39 is 0 Å². The molecule has 0 atom stereocenters. The summed E-state index contributed by atoms with van der Waals surface area (Å²) in [4.78, 5) is 6.47. The quantitative estimate of drug-likeness (QED) is 0.927. The Hall–Kier alpha value is -2.54. The molecule has 0 fully saturated rings. The van der Waals surface area contributed by atoms with E-state index in [1.54, 1.807) is 6.20 Å². The van der Waals surface area contributed by atoms with Gasteiger partial charge in [-0.05, 0) is 37.1 Å². The number of hydrogen-bond acceptors (Lipinski definition) is 4. The zero-order valence-corrected chi connectivity index (χ0v) is 12.0. The molecule has 0 aliphatic rings.